The molecule has 0 spiro atoms. The molecular formula is C21H16ClN5O2. The first kappa shape index (κ1) is 18.6. The minimum absolute atomic E-state index is 0.313. The van der Waals surface area contributed by atoms with E-state index in [-0.39, 0.29) is 0 Å². The van der Waals surface area contributed by atoms with E-state index in [1.807, 2.05) is 30.3 Å². The van der Waals surface area contributed by atoms with Gasteiger partial charge in [0.1, 0.15) is 0 Å². The zero-order chi connectivity index (χ0) is 20.2. The SMILES string of the molecule is O=C(NNC(=O)c1cnc2c(cnn2Cc2ccccc2)c1)c1ccc(Cl)cc1. The van der Waals surface area contributed by atoms with Gasteiger partial charge in [-0.3, -0.25) is 20.4 Å². The van der Waals surface area contributed by atoms with Gasteiger partial charge in [0.05, 0.1) is 18.3 Å². The number of hydrazine groups is 1. The van der Waals surface area contributed by atoms with Crippen LogP contribution in [0, 0.1) is 0 Å². The Balaban J connectivity index is 1.44. The van der Waals surface area contributed by atoms with E-state index in [1.165, 1.54) is 6.20 Å². The summed E-state index contributed by atoms with van der Waals surface area (Å²) in [5.74, 6) is -0.919. The number of carbonyl (C=O) groups excluding carboxylic acids is 2. The van der Waals surface area contributed by atoms with E-state index in [2.05, 4.69) is 20.9 Å². The lowest BCUT2D eigenvalue weighted by Gasteiger charge is -2.08. The van der Waals surface area contributed by atoms with Crippen LogP contribution >= 0.6 is 11.6 Å². The van der Waals surface area contributed by atoms with Crippen LogP contribution in [0.5, 0.6) is 0 Å². The van der Waals surface area contributed by atoms with Gasteiger partial charge in [-0.2, -0.15) is 5.10 Å². The van der Waals surface area contributed by atoms with Crippen LogP contribution < -0.4 is 10.9 Å². The zero-order valence-electron chi connectivity index (χ0n) is 15.2. The number of nitrogens with zero attached hydrogens (tertiary/aromatic N) is 3. The Morgan fingerprint density at radius 3 is 2.31 bits per heavy atom. The molecule has 0 fully saturated rings. The molecule has 2 N–H and O–H groups in total. The topological polar surface area (TPSA) is 88.9 Å². The number of hydrogen-bond donors (Lipinski definition) is 2. The summed E-state index contributed by atoms with van der Waals surface area (Å²) in [7, 11) is 0. The quantitative estimate of drug-likeness (QED) is 0.510. The molecular weight excluding hydrogens is 390 g/mol. The van der Waals surface area contributed by atoms with Crippen molar-refractivity contribution in [2.24, 2.45) is 0 Å². The fourth-order valence-corrected chi connectivity index (χ4v) is 2.95. The van der Waals surface area contributed by atoms with Crippen LogP contribution in [0.25, 0.3) is 11.0 Å². The van der Waals surface area contributed by atoms with E-state index < -0.39 is 11.8 Å². The normalized spacial score (nSPS) is 10.7. The van der Waals surface area contributed by atoms with Crippen molar-refractivity contribution in [1.29, 1.82) is 0 Å². The highest BCUT2D eigenvalue weighted by atomic mass is 35.5. The zero-order valence-corrected chi connectivity index (χ0v) is 15.9. The van der Waals surface area contributed by atoms with Crippen molar-refractivity contribution in [3.8, 4) is 0 Å². The largest absolute Gasteiger partial charge is 0.271 e. The van der Waals surface area contributed by atoms with Crippen molar-refractivity contribution in [3.05, 3.63) is 94.8 Å². The third-order valence-electron chi connectivity index (χ3n) is 4.31. The molecule has 0 unspecified atom stereocenters. The van der Waals surface area contributed by atoms with Gasteiger partial charge in [-0.1, -0.05) is 41.9 Å². The minimum Gasteiger partial charge on any atom is -0.267 e. The Labute approximate surface area is 171 Å². The van der Waals surface area contributed by atoms with Crippen LogP contribution in [0.15, 0.2) is 73.1 Å². The van der Waals surface area contributed by atoms with Crippen molar-refractivity contribution >= 4 is 34.4 Å². The molecule has 0 atom stereocenters. The molecule has 2 amide bonds. The van der Waals surface area contributed by atoms with Gasteiger partial charge in [-0.25, -0.2) is 9.67 Å². The molecule has 29 heavy (non-hydrogen) atoms. The fourth-order valence-electron chi connectivity index (χ4n) is 2.83. The first-order valence-electron chi connectivity index (χ1n) is 8.82. The molecule has 144 valence electrons. The van der Waals surface area contributed by atoms with E-state index in [1.54, 1.807) is 41.2 Å². The van der Waals surface area contributed by atoms with Crippen LogP contribution in [-0.2, 0) is 6.54 Å². The number of carbonyl (C=O) groups is 2. The summed E-state index contributed by atoms with van der Waals surface area (Å²) < 4.78 is 1.77. The standard InChI is InChI=1S/C21H16ClN5O2/c22-18-8-6-15(7-9-18)20(28)25-26-21(29)17-10-16-12-24-27(19(16)23-11-17)13-14-4-2-1-3-5-14/h1-12H,13H2,(H,25,28)(H,26,29). The molecule has 7 nitrogen and oxygen atoms in total. The summed E-state index contributed by atoms with van der Waals surface area (Å²) in [6.07, 6.45) is 3.11. The molecule has 0 saturated carbocycles. The van der Waals surface area contributed by atoms with Crippen molar-refractivity contribution in [2.45, 2.75) is 6.54 Å². The van der Waals surface area contributed by atoms with Gasteiger partial charge in [0, 0.05) is 22.2 Å². The Bertz CT molecular complexity index is 1170. The minimum atomic E-state index is -0.475. The molecule has 4 aromatic rings. The third-order valence-corrected chi connectivity index (χ3v) is 4.56. The summed E-state index contributed by atoms with van der Waals surface area (Å²) in [4.78, 5) is 28.8. The highest BCUT2D eigenvalue weighted by Gasteiger charge is 2.12. The van der Waals surface area contributed by atoms with Crippen molar-refractivity contribution in [3.63, 3.8) is 0 Å². The lowest BCUT2D eigenvalue weighted by atomic mass is 10.2. The van der Waals surface area contributed by atoms with E-state index in [9.17, 15) is 9.59 Å². The monoisotopic (exact) mass is 405 g/mol. The number of nitrogens with one attached hydrogen (secondary N) is 2. The van der Waals surface area contributed by atoms with Crippen molar-refractivity contribution < 1.29 is 9.59 Å². The van der Waals surface area contributed by atoms with Crippen LogP contribution in [0.4, 0.5) is 0 Å². The molecule has 0 saturated heterocycles. The van der Waals surface area contributed by atoms with E-state index >= 15 is 0 Å². The van der Waals surface area contributed by atoms with Gasteiger partial charge in [-0.05, 0) is 35.9 Å². The van der Waals surface area contributed by atoms with Crippen LogP contribution in [0.2, 0.25) is 5.02 Å². The predicted molar refractivity (Wildman–Crippen MR) is 109 cm³/mol. The number of pyridine rings is 1. The maximum Gasteiger partial charge on any atom is 0.271 e. The van der Waals surface area contributed by atoms with Gasteiger partial charge in [0.15, 0.2) is 5.65 Å². The Kier molecular flexibility index (Phi) is 5.22. The summed E-state index contributed by atoms with van der Waals surface area (Å²) in [5, 5.41) is 5.61. The Morgan fingerprint density at radius 2 is 1.59 bits per heavy atom. The van der Waals surface area contributed by atoms with Crippen LogP contribution in [0.3, 0.4) is 0 Å². The fraction of sp³-hybridized carbons (Fsp3) is 0.0476. The Morgan fingerprint density at radius 1 is 0.897 bits per heavy atom. The second-order valence-corrected chi connectivity index (χ2v) is 6.78. The molecule has 4 rings (SSSR count). The first-order chi connectivity index (χ1) is 14.1. The summed E-state index contributed by atoms with van der Waals surface area (Å²) >= 11 is 5.80. The molecule has 2 aromatic carbocycles. The number of aromatic nitrogens is 3. The number of amides is 2. The number of benzene rings is 2. The Hall–Kier alpha value is -3.71. The maximum absolute atomic E-state index is 12.4. The molecule has 0 bridgehead atoms. The first-order valence-corrected chi connectivity index (χ1v) is 9.20. The van der Waals surface area contributed by atoms with Crippen molar-refractivity contribution in [2.75, 3.05) is 0 Å². The summed E-state index contributed by atoms with van der Waals surface area (Å²) in [6, 6.07) is 17.9. The summed E-state index contributed by atoms with van der Waals surface area (Å²) in [6.45, 7) is 0.583. The highest BCUT2D eigenvalue weighted by molar-refractivity contribution is 6.30. The number of hydrogen-bond acceptors (Lipinski definition) is 4. The molecule has 0 aliphatic carbocycles. The smallest absolute Gasteiger partial charge is 0.267 e. The lowest BCUT2D eigenvalue weighted by molar-refractivity contribution is 0.0846. The maximum atomic E-state index is 12.4. The molecule has 2 heterocycles. The molecule has 2 aromatic heterocycles. The number of fused-ring (bicyclic) bond motifs is 1. The third kappa shape index (κ3) is 4.25. The van der Waals surface area contributed by atoms with Crippen LogP contribution in [0.1, 0.15) is 26.3 Å². The number of halogens is 1. The van der Waals surface area contributed by atoms with E-state index in [0.717, 1.165) is 10.9 Å². The summed E-state index contributed by atoms with van der Waals surface area (Å²) in [5.41, 5.74) is 7.23. The van der Waals surface area contributed by atoms with Crippen molar-refractivity contribution in [1.82, 2.24) is 25.6 Å². The molecule has 0 radical (unpaired) electrons. The van der Waals surface area contributed by atoms with Crippen LogP contribution in [-0.4, -0.2) is 26.6 Å². The van der Waals surface area contributed by atoms with Gasteiger partial charge in [0.2, 0.25) is 0 Å². The molecule has 0 aliphatic rings. The van der Waals surface area contributed by atoms with Gasteiger partial charge >= 0.3 is 0 Å². The molecule has 8 heteroatoms. The molecule has 0 aliphatic heterocycles. The average molecular weight is 406 g/mol. The van der Waals surface area contributed by atoms with E-state index in [4.69, 9.17) is 11.6 Å². The second-order valence-electron chi connectivity index (χ2n) is 6.34. The lowest BCUT2D eigenvalue weighted by Crippen LogP contribution is -2.41. The van der Waals surface area contributed by atoms with Gasteiger partial charge in [-0.15, -0.1) is 0 Å². The van der Waals surface area contributed by atoms with Gasteiger partial charge in [0.25, 0.3) is 11.8 Å². The predicted octanol–water partition coefficient (Wildman–Crippen LogP) is 3.21. The second kappa shape index (κ2) is 8.12. The average Bonchev–Trinajstić information content (AvgIpc) is 3.15. The highest BCUT2D eigenvalue weighted by Crippen LogP contribution is 2.15. The van der Waals surface area contributed by atoms with E-state index in [0.29, 0.717) is 28.3 Å². The number of rotatable bonds is 4. The van der Waals surface area contributed by atoms with Gasteiger partial charge < -0.3 is 0 Å².